The molecule has 3 N–H and O–H groups in total. The van der Waals surface area contributed by atoms with Crippen molar-refractivity contribution < 1.29 is 4.74 Å². The molecule has 4 heteroatoms. The molecule has 2 aromatic rings. The van der Waals surface area contributed by atoms with Crippen molar-refractivity contribution in [1.82, 2.24) is 5.43 Å². The minimum Gasteiger partial charge on any atom is -0.497 e. The molecule has 2 rings (SSSR count). The van der Waals surface area contributed by atoms with Gasteiger partial charge in [-0.2, -0.15) is 11.3 Å². The predicted molar refractivity (Wildman–Crippen MR) is 71.1 cm³/mol. The fourth-order valence-electron chi connectivity index (χ4n) is 1.74. The Morgan fingerprint density at radius 1 is 1.29 bits per heavy atom. The van der Waals surface area contributed by atoms with E-state index in [1.807, 2.05) is 12.1 Å². The summed E-state index contributed by atoms with van der Waals surface area (Å²) in [6.45, 7) is 0. The van der Waals surface area contributed by atoms with Gasteiger partial charge in [-0.15, -0.1) is 0 Å². The van der Waals surface area contributed by atoms with Crippen LogP contribution in [0.5, 0.6) is 5.75 Å². The Bertz CT molecular complexity index is 439. The number of methoxy groups -OCH3 is 1. The fraction of sp³-hybridized carbons (Fsp3) is 0.231. The molecule has 0 fully saturated rings. The van der Waals surface area contributed by atoms with Gasteiger partial charge in [0.2, 0.25) is 0 Å². The number of ether oxygens (including phenoxy) is 1. The van der Waals surface area contributed by atoms with E-state index >= 15 is 0 Å². The Morgan fingerprint density at radius 3 is 2.59 bits per heavy atom. The molecule has 0 aliphatic carbocycles. The third kappa shape index (κ3) is 3.06. The highest BCUT2D eigenvalue weighted by atomic mass is 32.1. The van der Waals surface area contributed by atoms with Crippen molar-refractivity contribution in [2.45, 2.75) is 12.5 Å². The molecule has 17 heavy (non-hydrogen) atoms. The molecule has 0 saturated heterocycles. The summed E-state index contributed by atoms with van der Waals surface area (Å²) in [4.78, 5) is 0. The Labute approximate surface area is 105 Å². The van der Waals surface area contributed by atoms with E-state index in [9.17, 15) is 0 Å². The number of rotatable bonds is 5. The van der Waals surface area contributed by atoms with Crippen LogP contribution in [0.2, 0.25) is 0 Å². The molecule has 0 spiro atoms. The van der Waals surface area contributed by atoms with Crippen LogP contribution in [0.25, 0.3) is 0 Å². The van der Waals surface area contributed by atoms with Gasteiger partial charge in [0.05, 0.1) is 13.2 Å². The molecule has 0 aliphatic heterocycles. The molecule has 1 aromatic heterocycles. The van der Waals surface area contributed by atoms with E-state index in [2.05, 4.69) is 34.4 Å². The van der Waals surface area contributed by atoms with Crippen molar-refractivity contribution in [2.24, 2.45) is 5.84 Å². The second-order valence-corrected chi connectivity index (χ2v) is 4.61. The molecule has 0 saturated carbocycles. The molecule has 3 nitrogen and oxygen atoms in total. The van der Waals surface area contributed by atoms with E-state index < -0.39 is 0 Å². The van der Waals surface area contributed by atoms with E-state index in [1.54, 1.807) is 18.4 Å². The molecule has 1 heterocycles. The molecule has 1 aromatic carbocycles. The van der Waals surface area contributed by atoms with Gasteiger partial charge in [-0.3, -0.25) is 11.3 Å². The second-order valence-electron chi connectivity index (χ2n) is 3.83. The summed E-state index contributed by atoms with van der Waals surface area (Å²) in [5.74, 6) is 6.47. The van der Waals surface area contributed by atoms with Gasteiger partial charge in [0.15, 0.2) is 0 Å². The average Bonchev–Trinajstić information content (AvgIpc) is 2.90. The lowest BCUT2D eigenvalue weighted by atomic mass is 10.0. The minimum absolute atomic E-state index is 0.162. The first kappa shape index (κ1) is 12.1. The normalized spacial score (nSPS) is 12.4. The SMILES string of the molecule is COc1ccc(CC(NN)c2ccsc2)cc1. The Balaban J connectivity index is 2.07. The first-order valence-electron chi connectivity index (χ1n) is 5.44. The van der Waals surface area contributed by atoms with Crippen molar-refractivity contribution in [3.05, 3.63) is 52.2 Å². The summed E-state index contributed by atoms with van der Waals surface area (Å²) < 4.78 is 5.13. The summed E-state index contributed by atoms with van der Waals surface area (Å²) in [5.41, 5.74) is 5.32. The third-order valence-electron chi connectivity index (χ3n) is 2.75. The molecule has 90 valence electrons. The standard InChI is InChI=1S/C13H16N2OS/c1-16-12-4-2-10(3-5-12)8-13(15-14)11-6-7-17-9-11/h2-7,9,13,15H,8,14H2,1H3. The number of thiophene rings is 1. The maximum Gasteiger partial charge on any atom is 0.118 e. The molecular formula is C13H16N2OS. The largest absolute Gasteiger partial charge is 0.497 e. The zero-order valence-electron chi connectivity index (χ0n) is 9.72. The third-order valence-corrected chi connectivity index (χ3v) is 3.45. The summed E-state index contributed by atoms with van der Waals surface area (Å²) in [6.07, 6.45) is 0.872. The van der Waals surface area contributed by atoms with Crippen LogP contribution in [0.15, 0.2) is 41.1 Å². The Kier molecular flexibility index (Phi) is 4.14. The highest BCUT2D eigenvalue weighted by Gasteiger charge is 2.10. The summed E-state index contributed by atoms with van der Waals surface area (Å²) >= 11 is 1.68. The van der Waals surface area contributed by atoms with Crippen LogP contribution in [-0.2, 0) is 6.42 Å². The van der Waals surface area contributed by atoms with Gasteiger partial charge in [-0.25, -0.2) is 0 Å². The number of hydrazine groups is 1. The van der Waals surface area contributed by atoms with Crippen LogP contribution in [0.1, 0.15) is 17.2 Å². The highest BCUT2D eigenvalue weighted by Crippen LogP contribution is 2.21. The van der Waals surface area contributed by atoms with Gasteiger partial charge in [0, 0.05) is 0 Å². The van der Waals surface area contributed by atoms with E-state index in [-0.39, 0.29) is 6.04 Å². The lowest BCUT2D eigenvalue weighted by molar-refractivity contribution is 0.414. The molecule has 1 unspecified atom stereocenters. The number of nitrogens with one attached hydrogen (secondary N) is 1. The average molecular weight is 248 g/mol. The van der Waals surface area contributed by atoms with Crippen molar-refractivity contribution in [1.29, 1.82) is 0 Å². The van der Waals surface area contributed by atoms with Crippen LogP contribution >= 0.6 is 11.3 Å². The molecule has 0 radical (unpaired) electrons. The summed E-state index contributed by atoms with van der Waals surface area (Å²) in [6, 6.07) is 10.3. The van der Waals surface area contributed by atoms with Crippen LogP contribution in [0.3, 0.4) is 0 Å². The zero-order chi connectivity index (χ0) is 12.1. The Morgan fingerprint density at radius 2 is 2.06 bits per heavy atom. The smallest absolute Gasteiger partial charge is 0.118 e. The van der Waals surface area contributed by atoms with E-state index in [1.165, 1.54) is 11.1 Å². The number of hydrogen-bond donors (Lipinski definition) is 2. The van der Waals surface area contributed by atoms with Gasteiger partial charge in [-0.05, 0) is 46.5 Å². The van der Waals surface area contributed by atoms with E-state index in [0.717, 1.165) is 12.2 Å². The lowest BCUT2D eigenvalue weighted by Crippen LogP contribution is -2.29. The topological polar surface area (TPSA) is 47.3 Å². The predicted octanol–water partition coefficient (Wildman–Crippen LogP) is 2.50. The highest BCUT2D eigenvalue weighted by molar-refractivity contribution is 7.07. The van der Waals surface area contributed by atoms with Gasteiger partial charge in [0.1, 0.15) is 5.75 Å². The lowest BCUT2D eigenvalue weighted by Gasteiger charge is -2.14. The van der Waals surface area contributed by atoms with Crippen LogP contribution in [-0.4, -0.2) is 7.11 Å². The maximum atomic E-state index is 5.60. The van der Waals surface area contributed by atoms with E-state index in [0.29, 0.717) is 0 Å². The van der Waals surface area contributed by atoms with Gasteiger partial charge in [-0.1, -0.05) is 12.1 Å². The maximum absolute atomic E-state index is 5.60. The first-order chi connectivity index (χ1) is 8.33. The van der Waals surface area contributed by atoms with Crippen molar-refractivity contribution in [2.75, 3.05) is 7.11 Å². The van der Waals surface area contributed by atoms with Crippen molar-refractivity contribution in [3.8, 4) is 5.75 Å². The summed E-state index contributed by atoms with van der Waals surface area (Å²) in [7, 11) is 1.67. The Hall–Kier alpha value is -1.36. The molecule has 1 atom stereocenters. The molecular weight excluding hydrogens is 232 g/mol. The number of hydrogen-bond acceptors (Lipinski definition) is 4. The van der Waals surface area contributed by atoms with Crippen LogP contribution < -0.4 is 16.0 Å². The molecule has 0 amide bonds. The van der Waals surface area contributed by atoms with Crippen LogP contribution in [0, 0.1) is 0 Å². The van der Waals surface area contributed by atoms with Crippen molar-refractivity contribution in [3.63, 3.8) is 0 Å². The zero-order valence-corrected chi connectivity index (χ0v) is 10.5. The van der Waals surface area contributed by atoms with Gasteiger partial charge in [0.25, 0.3) is 0 Å². The monoisotopic (exact) mass is 248 g/mol. The van der Waals surface area contributed by atoms with Gasteiger partial charge < -0.3 is 4.74 Å². The fourth-order valence-corrected chi connectivity index (χ4v) is 2.46. The van der Waals surface area contributed by atoms with E-state index in [4.69, 9.17) is 10.6 Å². The number of benzene rings is 1. The first-order valence-corrected chi connectivity index (χ1v) is 6.39. The summed E-state index contributed by atoms with van der Waals surface area (Å²) in [5, 5.41) is 4.18. The molecule has 0 aliphatic rings. The number of nitrogens with two attached hydrogens (primary N) is 1. The minimum atomic E-state index is 0.162. The second kappa shape index (κ2) is 5.82. The van der Waals surface area contributed by atoms with Gasteiger partial charge >= 0.3 is 0 Å². The quantitative estimate of drug-likeness (QED) is 0.631. The van der Waals surface area contributed by atoms with Crippen molar-refractivity contribution >= 4 is 11.3 Å². The molecule has 0 bridgehead atoms. The van der Waals surface area contributed by atoms with Crippen LogP contribution in [0.4, 0.5) is 0 Å².